The fourth-order valence-corrected chi connectivity index (χ4v) is 2.66. The van der Waals surface area contributed by atoms with E-state index in [9.17, 15) is 0 Å². The van der Waals surface area contributed by atoms with Crippen molar-refractivity contribution in [3.63, 3.8) is 0 Å². The van der Waals surface area contributed by atoms with Gasteiger partial charge in [0.1, 0.15) is 6.10 Å². The number of nitrogen functional groups attached to an aromatic ring is 1. The summed E-state index contributed by atoms with van der Waals surface area (Å²) in [7, 11) is 2.02. The summed E-state index contributed by atoms with van der Waals surface area (Å²) in [4.78, 5) is 6.50. The molecule has 1 aliphatic rings. The van der Waals surface area contributed by atoms with E-state index in [1.54, 1.807) is 12.1 Å². The van der Waals surface area contributed by atoms with Crippen LogP contribution in [0.2, 0.25) is 10.0 Å². The van der Waals surface area contributed by atoms with E-state index in [2.05, 4.69) is 15.0 Å². The number of benzene rings is 1. The van der Waals surface area contributed by atoms with Gasteiger partial charge in [-0.05, 0) is 19.2 Å². The predicted molar refractivity (Wildman–Crippen MR) is 80.4 cm³/mol. The van der Waals surface area contributed by atoms with Gasteiger partial charge < -0.3 is 19.9 Å². The third-order valence-corrected chi connectivity index (χ3v) is 3.85. The number of likely N-dealkylation sites (N-methyl/N-ethyl adjacent to an activating group) is 1. The Morgan fingerprint density at radius 3 is 2.95 bits per heavy atom. The van der Waals surface area contributed by atoms with Crippen molar-refractivity contribution in [2.24, 2.45) is 0 Å². The van der Waals surface area contributed by atoms with Gasteiger partial charge in [0.25, 0.3) is 5.89 Å². The second kappa shape index (κ2) is 5.81. The molecule has 2 aromatic rings. The molecule has 112 valence electrons. The van der Waals surface area contributed by atoms with Crippen LogP contribution >= 0.6 is 23.2 Å². The molecule has 0 radical (unpaired) electrons. The minimum atomic E-state index is -0.211. The number of rotatable bonds is 2. The van der Waals surface area contributed by atoms with Crippen LogP contribution in [0, 0.1) is 0 Å². The van der Waals surface area contributed by atoms with E-state index in [0.717, 1.165) is 6.54 Å². The summed E-state index contributed by atoms with van der Waals surface area (Å²) in [6.45, 7) is 2.24. The van der Waals surface area contributed by atoms with E-state index in [0.29, 0.717) is 40.3 Å². The Labute approximate surface area is 131 Å². The van der Waals surface area contributed by atoms with Gasteiger partial charge in [-0.3, -0.25) is 0 Å². The van der Waals surface area contributed by atoms with Crippen molar-refractivity contribution in [1.29, 1.82) is 0 Å². The predicted octanol–water partition coefficient (Wildman–Crippen LogP) is 2.63. The summed E-state index contributed by atoms with van der Waals surface area (Å²) < 4.78 is 10.9. The maximum Gasteiger partial charge on any atom is 0.260 e. The molecule has 1 fully saturated rings. The van der Waals surface area contributed by atoms with Crippen LogP contribution in [0.15, 0.2) is 16.7 Å². The second-order valence-electron chi connectivity index (χ2n) is 4.93. The monoisotopic (exact) mass is 328 g/mol. The number of nitrogens with zero attached hydrogens (tertiary/aromatic N) is 3. The summed E-state index contributed by atoms with van der Waals surface area (Å²) in [5.74, 6) is 0.774. The number of nitrogens with two attached hydrogens (primary N) is 1. The molecule has 1 aromatic carbocycles. The molecular formula is C13H14Cl2N4O2. The topological polar surface area (TPSA) is 77.4 Å². The number of morpholine rings is 1. The maximum absolute atomic E-state index is 6.01. The first-order valence-corrected chi connectivity index (χ1v) is 7.19. The third kappa shape index (κ3) is 2.98. The van der Waals surface area contributed by atoms with Crippen molar-refractivity contribution in [3.8, 4) is 11.5 Å². The van der Waals surface area contributed by atoms with Gasteiger partial charge in [-0.25, -0.2) is 0 Å². The fourth-order valence-electron chi connectivity index (χ4n) is 2.17. The minimum absolute atomic E-state index is 0.211. The Morgan fingerprint density at radius 1 is 1.38 bits per heavy atom. The summed E-state index contributed by atoms with van der Waals surface area (Å²) >= 11 is 12.0. The highest BCUT2D eigenvalue weighted by Gasteiger charge is 2.25. The highest BCUT2D eigenvalue weighted by Crippen LogP contribution is 2.34. The quantitative estimate of drug-likeness (QED) is 0.854. The molecule has 0 saturated carbocycles. The van der Waals surface area contributed by atoms with Crippen molar-refractivity contribution in [2.75, 3.05) is 32.5 Å². The van der Waals surface area contributed by atoms with Crippen LogP contribution in [-0.2, 0) is 4.74 Å². The first kappa shape index (κ1) is 14.6. The lowest BCUT2D eigenvalue weighted by Gasteiger charge is -2.27. The van der Waals surface area contributed by atoms with E-state index in [-0.39, 0.29) is 12.0 Å². The first-order valence-electron chi connectivity index (χ1n) is 6.43. The van der Waals surface area contributed by atoms with Gasteiger partial charge in [0.2, 0.25) is 5.82 Å². The summed E-state index contributed by atoms with van der Waals surface area (Å²) in [5.41, 5.74) is 6.82. The molecule has 0 amide bonds. The Hall–Kier alpha value is -1.34. The van der Waals surface area contributed by atoms with E-state index in [1.165, 1.54) is 0 Å². The average Bonchev–Trinajstić information content (AvgIpc) is 2.92. The highest BCUT2D eigenvalue weighted by atomic mass is 35.5. The molecule has 21 heavy (non-hydrogen) atoms. The molecule has 2 N–H and O–H groups in total. The lowest BCUT2D eigenvalue weighted by molar-refractivity contribution is -0.0264. The first-order chi connectivity index (χ1) is 10.0. The summed E-state index contributed by atoms with van der Waals surface area (Å²) in [5, 5.41) is 4.78. The molecule has 0 spiro atoms. The van der Waals surface area contributed by atoms with Gasteiger partial charge in [-0.2, -0.15) is 4.98 Å². The van der Waals surface area contributed by atoms with Crippen molar-refractivity contribution < 1.29 is 9.26 Å². The Bertz CT molecular complexity index is 662. The molecule has 1 aliphatic heterocycles. The van der Waals surface area contributed by atoms with Gasteiger partial charge in [-0.1, -0.05) is 28.4 Å². The maximum atomic E-state index is 6.01. The minimum Gasteiger partial charge on any atom is -0.397 e. The number of ether oxygens (including phenoxy) is 1. The van der Waals surface area contributed by atoms with Gasteiger partial charge in [0.15, 0.2) is 0 Å². The van der Waals surface area contributed by atoms with Crippen LogP contribution in [0.3, 0.4) is 0 Å². The summed E-state index contributed by atoms with van der Waals surface area (Å²) in [6, 6.07) is 3.21. The van der Waals surface area contributed by atoms with Crippen molar-refractivity contribution in [3.05, 3.63) is 28.0 Å². The zero-order valence-electron chi connectivity index (χ0n) is 11.3. The van der Waals surface area contributed by atoms with Crippen LogP contribution in [0.25, 0.3) is 11.5 Å². The van der Waals surface area contributed by atoms with Crippen LogP contribution in [0.1, 0.15) is 11.9 Å². The lowest BCUT2D eigenvalue weighted by atomic mass is 10.2. The largest absolute Gasteiger partial charge is 0.397 e. The summed E-state index contributed by atoms with van der Waals surface area (Å²) in [6.07, 6.45) is -0.211. The molecule has 0 bridgehead atoms. The van der Waals surface area contributed by atoms with E-state index in [4.69, 9.17) is 38.2 Å². The standard InChI is InChI=1S/C13H14Cl2N4O2/c1-19-2-3-20-10(6-19)12-17-13(21-18-12)8-4-7(14)5-9(15)11(8)16/h4-5,10H,2-3,6,16H2,1H3. The molecule has 8 heteroatoms. The zero-order valence-corrected chi connectivity index (χ0v) is 12.9. The second-order valence-corrected chi connectivity index (χ2v) is 5.77. The Balaban J connectivity index is 1.91. The Kier molecular flexibility index (Phi) is 4.03. The molecule has 6 nitrogen and oxygen atoms in total. The third-order valence-electron chi connectivity index (χ3n) is 3.32. The molecule has 1 atom stereocenters. The molecule has 1 unspecified atom stereocenters. The molecule has 1 aromatic heterocycles. The van der Waals surface area contributed by atoms with Crippen LogP contribution in [0.5, 0.6) is 0 Å². The highest BCUT2D eigenvalue weighted by molar-refractivity contribution is 6.37. The molecule has 0 aliphatic carbocycles. The van der Waals surface area contributed by atoms with Crippen molar-refractivity contribution in [1.82, 2.24) is 15.0 Å². The number of hydrogen-bond donors (Lipinski definition) is 1. The van der Waals surface area contributed by atoms with Crippen LogP contribution in [-0.4, -0.2) is 41.8 Å². The van der Waals surface area contributed by atoms with Gasteiger partial charge in [0, 0.05) is 18.1 Å². The molecule has 1 saturated heterocycles. The normalized spacial score (nSPS) is 19.9. The SMILES string of the molecule is CN1CCOC(c2noc(-c3cc(Cl)cc(Cl)c3N)n2)C1. The van der Waals surface area contributed by atoms with E-state index < -0.39 is 0 Å². The number of hydrogen-bond acceptors (Lipinski definition) is 6. The fraction of sp³-hybridized carbons (Fsp3) is 0.385. The van der Waals surface area contributed by atoms with Crippen LogP contribution in [0.4, 0.5) is 5.69 Å². The zero-order chi connectivity index (χ0) is 15.0. The molecule has 2 heterocycles. The van der Waals surface area contributed by atoms with Gasteiger partial charge >= 0.3 is 0 Å². The molecular weight excluding hydrogens is 315 g/mol. The smallest absolute Gasteiger partial charge is 0.260 e. The van der Waals surface area contributed by atoms with Gasteiger partial charge in [0.05, 0.1) is 22.9 Å². The van der Waals surface area contributed by atoms with Crippen molar-refractivity contribution in [2.45, 2.75) is 6.10 Å². The number of anilines is 1. The Morgan fingerprint density at radius 2 is 2.19 bits per heavy atom. The van der Waals surface area contributed by atoms with E-state index in [1.807, 2.05) is 7.05 Å². The lowest BCUT2D eigenvalue weighted by Crippen LogP contribution is -2.35. The molecule has 3 rings (SSSR count). The van der Waals surface area contributed by atoms with E-state index >= 15 is 0 Å². The van der Waals surface area contributed by atoms with Crippen molar-refractivity contribution >= 4 is 28.9 Å². The van der Waals surface area contributed by atoms with Crippen LogP contribution < -0.4 is 5.73 Å². The number of halogens is 2. The average molecular weight is 329 g/mol. The number of aromatic nitrogens is 2. The van der Waals surface area contributed by atoms with Gasteiger partial charge in [-0.15, -0.1) is 0 Å².